The third-order valence-electron chi connectivity index (χ3n) is 4.37. The van der Waals surface area contributed by atoms with Crippen molar-refractivity contribution in [2.24, 2.45) is 11.0 Å². The highest BCUT2D eigenvalue weighted by Crippen LogP contribution is 2.24. The van der Waals surface area contributed by atoms with Crippen LogP contribution in [0.5, 0.6) is 0 Å². The molecule has 6 nitrogen and oxygen atoms in total. The second-order valence-electron chi connectivity index (χ2n) is 6.27. The first-order valence-electron chi connectivity index (χ1n) is 8.88. The number of piperidine rings is 1. The summed E-state index contributed by atoms with van der Waals surface area (Å²) in [6, 6.07) is 8.29. The zero-order valence-corrected chi connectivity index (χ0v) is 16.0. The molecule has 0 aliphatic carbocycles. The standard InChI is InChI=1S/C19H24N4O2S/c1-3-25-18(24)16-8-10-23(11-9-16)17-6-4-15(5-7-17)12-20-22-19-21-14(2)13-26-19/h4-7,12-13,16H,3,8-11H2,1-2H3,(H,21,22). The maximum absolute atomic E-state index is 11.8. The number of aromatic nitrogens is 1. The number of ether oxygens (including phenoxy) is 1. The average Bonchev–Trinajstić information content (AvgIpc) is 3.08. The molecule has 2 aromatic rings. The Hall–Kier alpha value is -2.41. The number of hydrazone groups is 1. The number of carbonyl (C=O) groups is 1. The summed E-state index contributed by atoms with van der Waals surface area (Å²) in [4.78, 5) is 18.4. The number of thiazole rings is 1. The lowest BCUT2D eigenvalue weighted by atomic mass is 9.96. The van der Waals surface area contributed by atoms with Crippen LogP contribution >= 0.6 is 11.3 Å². The molecule has 2 heterocycles. The summed E-state index contributed by atoms with van der Waals surface area (Å²) < 4.78 is 5.13. The van der Waals surface area contributed by atoms with Gasteiger partial charge in [-0.2, -0.15) is 5.10 Å². The topological polar surface area (TPSA) is 66.8 Å². The second-order valence-corrected chi connectivity index (χ2v) is 7.13. The van der Waals surface area contributed by atoms with Gasteiger partial charge in [-0.1, -0.05) is 12.1 Å². The summed E-state index contributed by atoms with van der Waals surface area (Å²) in [5.74, 6) is -0.0141. The highest BCUT2D eigenvalue weighted by molar-refractivity contribution is 7.13. The maximum atomic E-state index is 11.8. The molecule has 0 spiro atoms. The third-order valence-corrected chi connectivity index (χ3v) is 5.23. The van der Waals surface area contributed by atoms with Gasteiger partial charge in [-0.3, -0.25) is 10.2 Å². The van der Waals surface area contributed by atoms with Crippen molar-refractivity contribution >= 4 is 34.3 Å². The Morgan fingerprint density at radius 2 is 2.12 bits per heavy atom. The fraction of sp³-hybridized carbons (Fsp3) is 0.421. The first kappa shape index (κ1) is 18.4. The van der Waals surface area contributed by atoms with Crippen molar-refractivity contribution in [1.82, 2.24) is 4.98 Å². The maximum Gasteiger partial charge on any atom is 0.309 e. The Morgan fingerprint density at radius 1 is 1.38 bits per heavy atom. The minimum Gasteiger partial charge on any atom is -0.466 e. The van der Waals surface area contributed by atoms with Gasteiger partial charge < -0.3 is 9.64 Å². The van der Waals surface area contributed by atoms with E-state index in [1.807, 2.05) is 31.4 Å². The molecule has 0 atom stereocenters. The van der Waals surface area contributed by atoms with E-state index in [2.05, 4.69) is 32.5 Å². The summed E-state index contributed by atoms with van der Waals surface area (Å²) in [6.45, 7) is 6.02. The van der Waals surface area contributed by atoms with E-state index >= 15 is 0 Å². The molecule has 1 saturated heterocycles. The van der Waals surface area contributed by atoms with Gasteiger partial charge in [0.25, 0.3) is 0 Å². The van der Waals surface area contributed by atoms with Crippen LogP contribution in [0.4, 0.5) is 10.8 Å². The van der Waals surface area contributed by atoms with Gasteiger partial charge in [0.1, 0.15) is 0 Å². The van der Waals surface area contributed by atoms with Gasteiger partial charge in [-0.25, -0.2) is 4.98 Å². The quantitative estimate of drug-likeness (QED) is 0.476. The Morgan fingerprint density at radius 3 is 2.73 bits per heavy atom. The smallest absolute Gasteiger partial charge is 0.309 e. The van der Waals surface area contributed by atoms with Crippen LogP contribution in [0.1, 0.15) is 31.0 Å². The normalized spacial score (nSPS) is 15.4. The molecule has 1 aliphatic heterocycles. The van der Waals surface area contributed by atoms with Crippen molar-refractivity contribution in [3.05, 3.63) is 40.9 Å². The van der Waals surface area contributed by atoms with Crippen LogP contribution < -0.4 is 10.3 Å². The summed E-state index contributed by atoms with van der Waals surface area (Å²) >= 11 is 1.54. The van der Waals surface area contributed by atoms with Gasteiger partial charge in [0, 0.05) is 24.2 Å². The molecule has 138 valence electrons. The van der Waals surface area contributed by atoms with Crippen LogP contribution in [0.3, 0.4) is 0 Å². The number of nitrogens with one attached hydrogen (secondary N) is 1. The molecule has 26 heavy (non-hydrogen) atoms. The molecule has 1 N–H and O–H groups in total. The zero-order chi connectivity index (χ0) is 18.4. The number of anilines is 2. The fourth-order valence-corrected chi connectivity index (χ4v) is 3.61. The number of hydrogen-bond donors (Lipinski definition) is 1. The predicted molar refractivity (Wildman–Crippen MR) is 106 cm³/mol. The molecular formula is C19H24N4O2S. The Balaban J connectivity index is 1.51. The van der Waals surface area contributed by atoms with E-state index in [0.29, 0.717) is 6.61 Å². The van der Waals surface area contributed by atoms with E-state index in [-0.39, 0.29) is 11.9 Å². The van der Waals surface area contributed by atoms with Crippen LogP contribution in [-0.4, -0.2) is 36.9 Å². The molecule has 0 saturated carbocycles. The molecule has 1 fully saturated rings. The fourth-order valence-electron chi connectivity index (χ4n) is 2.97. The molecule has 0 unspecified atom stereocenters. The number of hydrogen-bond acceptors (Lipinski definition) is 7. The number of benzene rings is 1. The second kappa shape index (κ2) is 8.80. The van der Waals surface area contributed by atoms with Gasteiger partial charge in [0.2, 0.25) is 5.13 Å². The van der Waals surface area contributed by atoms with Gasteiger partial charge in [0.05, 0.1) is 24.4 Å². The number of esters is 1. The van der Waals surface area contributed by atoms with E-state index in [4.69, 9.17) is 4.74 Å². The first-order valence-corrected chi connectivity index (χ1v) is 9.76. The van der Waals surface area contributed by atoms with E-state index in [1.165, 1.54) is 17.0 Å². The van der Waals surface area contributed by atoms with Crippen molar-refractivity contribution in [2.45, 2.75) is 26.7 Å². The van der Waals surface area contributed by atoms with Gasteiger partial charge in [-0.15, -0.1) is 11.3 Å². The average molecular weight is 372 g/mol. The molecule has 1 aliphatic rings. The predicted octanol–water partition coefficient (Wildman–Crippen LogP) is 3.68. The van der Waals surface area contributed by atoms with Crippen molar-refractivity contribution in [2.75, 3.05) is 30.0 Å². The molecule has 1 aromatic carbocycles. The van der Waals surface area contributed by atoms with Crippen LogP contribution in [0.2, 0.25) is 0 Å². The van der Waals surface area contributed by atoms with Crippen LogP contribution in [0.15, 0.2) is 34.7 Å². The van der Waals surface area contributed by atoms with Crippen LogP contribution in [-0.2, 0) is 9.53 Å². The van der Waals surface area contributed by atoms with Gasteiger partial charge in [0.15, 0.2) is 0 Å². The van der Waals surface area contributed by atoms with E-state index in [9.17, 15) is 4.79 Å². The number of nitrogens with zero attached hydrogens (tertiary/aromatic N) is 3. The molecule has 3 rings (SSSR count). The molecule has 7 heteroatoms. The molecule has 1 aromatic heterocycles. The van der Waals surface area contributed by atoms with E-state index < -0.39 is 0 Å². The molecular weight excluding hydrogens is 348 g/mol. The summed E-state index contributed by atoms with van der Waals surface area (Å²) in [6.07, 6.45) is 3.48. The molecule has 0 bridgehead atoms. The lowest BCUT2D eigenvalue weighted by Gasteiger charge is -2.32. The Bertz CT molecular complexity index is 749. The monoisotopic (exact) mass is 372 g/mol. The zero-order valence-electron chi connectivity index (χ0n) is 15.1. The third kappa shape index (κ3) is 4.82. The largest absolute Gasteiger partial charge is 0.466 e. The minimum absolute atomic E-state index is 0.0400. The SMILES string of the molecule is CCOC(=O)C1CCN(c2ccc(C=NNc3nc(C)cs3)cc2)CC1. The van der Waals surface area contributed by atoms with Gasteiger partial charge >= 0.3 is 5.97 Å². The summed E-state index contributed by atoms with van der Waals surface area (Å²) in [5.41, 5.74) is 6.13. The lowest BCUT2D eigenvalue weighted by Crippen LogP contribution is -2.36. The Kier molecular flexibility index (Phi) is 6.22. The minimum atomic E-state index is -0.0540. The van der Waals surface area contributed by atoms with Crippen LogP contribution in [0.25, 0.3) is 0 Å². The van der Waals surface area contributed by atoms with Crippen LogP contribution in [0, 0.1) is 12.8 Å². The Labute approximate surface area is 157 Å². The molecule has 0 radical (unpaired) electrons. The summed E-state index contributed by atoms with van der Waals surface area (Å²) in [7, 11) is 0. The number of aryl methyl sites for hydroxylation is 1. The number of carbonyl (C=O) groups excluding carboxylic acids is 1. The van der Waals surface area contributed by atoms with Crippen molar-refractivity contribution in [1.29, 1.82) is 0 Å². The lowest BCUT2D eigenvalue weighted by molar-refractivity contribution is -0.148. The molecule has 0 amide bonds. The van der Waals surface area contributed by atoms with E-state index in [1.54, 1.807) is 6.21 Å². The van der Waals surface area contributed by atoms with Gasteiger partial charge in [-0.05, 0) is 44.4 Å². The van der Waals surface area contributed by atoms with Crippen molar-refractivity contribution in [3.63, 3.8) is 0 Å². The van der Waals surface area contributed by atoms with Crippen molar-refractivity contribution < 1.29 is 9.53 Å². The summed E-state index contributed by atoms with van der Waals surface area (Å²) in [5, 5.41) is 7.00. The van der Waals surface area contributed by atoms with Crippen molar-refractivity contribution in [3.8, 4) is 0 Å². The highest BCUT2D eigenvalue weighted by atomic mass is 32.1. The number of rotatable bonds is 6. The first-order chi connectivity index (χ1) is 12.7. The van der Waals surface area contributed by atoms with E-state index in [0.717, 1.165) is 42.3 Å². The highest BCUT2D eigenvalue weighted by Gasteiger charge is 2.25.